The molecule has 1 aromatic carbocycles. The van der Waals surface area contributed by atoms with Gasteiger partial charge in [0, 0.05) is 17.3 Å². The van der Waals surface area contributed by atoms with Crippen LogP contribution in [0, 0.1) is 12.7 Å². The molecule has 0 bridgehead atoms. The molecule has 0 aliphatic rings. The van der Waals surface area contributed by atoms with E-state index in [1.165, 1.54) is 12.1 Å². The minimum absolute atomic E-state index is 0.0980. The van der Waals surface area contributed by atoms with Gasteiger partial charge >= 0.3 is 0 Å². The Labute approximate surface area is 116 Å². The van der Waals surface area contributed by atoms with Gasteiger partial charge in [-0.15, -0.1) is 0 Å². The van der Waals surface area contributed by atoms with Gasteiger partial charge in [0.05, 0.1) is 6.04 Å². The van der Waals surface area contributed by atoms with E-state index in [-0.39, 0.29) is 11.9 Å². The van der Waals surface area contributed by atoms with Crippen molar-refractivity contribution in [3.63, 3.8) is 0 Å². The van der Waals surface area contributed by atoms with Crippen LogP contribution in [0.4, 0.5) is 4.39 Å². The van der Waals surface area contributed by atoms with Gasteiger partial charge in [-0.3, -0.25) is 4.98 Å². The molecule has 0 aliphatic heterocycles. The van der Waals surface area contributed by atoms with Crippen molar-refractivity contribution in [2.45, 2.75) is 13.0 Å². The van der Waals surface area contributed by atoms with Gasteiger partial charge in [0.1, 0.15) is 17.2 Å². The second-order valence-electron chi connectivity index (χ2n) is 4.73. The van der Waals surface area contributed by atoms with Crippen molar-refractivity contribution in [2.75, 3.05) is 7.05 Å². The molecular weight excluding hydrogens is 255 g/mol. The maximum Gasteiger partial charge on any atom is 0.134 e. The van der Waals surface area contributed by atoms with Crippen LogP contribution in [0.2, 0.25) is 0 Å². The number of rotatable bonds is 3. The van der Waals surface area contributed by atoms with E-state index in [4.69, 9.17) is 4.42 Å². The quantitative estimate of drug-likeness (QED) is 0.790. The molecule has 3 aromatic rings. The summed E-state index contributed by atoms with van der Waals surface area (Å²) < 4.78 is 19.1. The summed E-state index contributed by atoms with van der Waals surface area (Å²) >= 11 is 0. The molecule has 0 saturated heterocycles. The van der Waals surface area contributed by atoms with E-state index in [1.807, 2.05) is 32.2 Å². The van der Waals surface area contributed by atoms with Crippen LogP contribution in [0.5, 0.6) is 0 Å². The van der Waals surface area contributed by atoms with Gasteiger partial charge in [0.15, 0.2) is 0 Å². The summed E-state index contributed by atoms with van der Waals surface area (Å²) in [5.74, 6) is 0.493. The summed E-state index contributed by atoms with van der Waals surface area (Å²) in [4.78, 5) is 4.30. The first-order valence-electron chi connectivity index (χ1n) is 6.47. The van der Waals surface area contributed by atoms with Crippen molar-refractivity contribution in [3.8, 4) is 0 Å². The Kier molecular flexibility index (Phi) is 3.24. The zero-order valence-corrected chi connectivity index (χ0v) is 11.4. The Morgan fingerprint density at radius 1 is 1.25 bits per heavy atom. The molecule has 3 rings (SSSR count). The lowest BCUT2D eigenvalue weighted by atomic mass is 10.0. The van der Waals surface area contributed by atoms with Crippen molar-refractivity contribution in [3.05, 3.63) is 65.4 Å². The number of halogens is 1. The molecule has 1 atom stereocenters. The third-order valence-electron chi connectivity index (χ3n) is 3.43. The Morgan fingerprint density at radius 3 is 2.85 bits per heavy atom. The second kappa shape index (κ2) is 5.06. The Bertz CT molecular complexity index is 751. The van der Waals surface area contributed by atoms with Crippen LogP contribution in [-0.2, 0) is 0 Å². The zero-order valence-electron chi connectivity index (χ0n) is 11.4. The molecule has 0 saturated carbocycles. The van der Waals surface area contributed by atoms with Crippen LogP contribution >= 0.6 is 0 Å². The van der Waals surface area contributed by atoms with E-state index in [2.05, 4.69) is 10.3 Å². The lowest BCUT2D eigenvalue weighted by Crippen LogP contribution is -2.18. The minimum Gasteiger partial charge on any atom is -0.459 e. The number of nitrogens with zero attached hydrogens (tertiary/aromatic N) is 1. The largest absolute Gasteiger partial charge is 0.459 e. The standard InChI is InChI=1S/C16H15FN2O/c1-10-13(4-3-7-19-10)16(18-2)15-9-11-8-12(17)5-6-14(11)20-15/h3-9,16,18H,1-2H3. The fraction of sp³-hybridized carbons (Fsp3) is 0.188. The number of fused-ring (bicyclic) bond motifs is 1. The van der Waals surface area contributed by atoms with Crippen molar-refractivity contribution in [1.29, 1.82) is 0 Å². The Balaban J connectivity index is 2.10. The third-order valence-corrected chi connectivity index (χ3v) is 3.43. The van der Waals surface area contributed by atoms with E-state index in [0.717, 1.165) is 22.4 Å². The summed E-state index contributed by atoms with van der Waals surface area (Å²) in [6.45, 7) is 1.96. The molecule has 3 nitrogen and oxygen atoms in total. The third kappa shape index (κ3) is 2.18. The molecular formula is C16H15FN2O. The first kappa shape index (κ1) is 12.8. The predicted octanol–water partition coefficient (Wildman–Crippen LogP) is 3.58. The topological polar surface area (TPSA) is 38.1 Å². The van der Waals surface area contributed by atoms with Crippen LogP contribution in [0.25, 0.3) is 11.0 Å². The highest BCUT2D eigenvalue weighted by Crippen LogP contribution is 2.29. The number of furan rings is 1. The molecule has 2 heterocycles. The number of aryl methyl sites for hydroxylation is 1. The molecule has 20 heavy (non-hydrogen) atoms. The summed E-state index contributed by atoms with van der Waals surface area (Å²) in [5, 5.41) is 3.99. The Morgan fingerprint density at radius 2 is 2.10 bits per heavy atom. The van der Waals surface area contributed by atoms with Crippen LogP contribution in [-0.4, -0.2) is 12.0 Å². The van der Waals surface area contributed by atoms with Gasteiger partial charge in [-0.2, -0.15) is 0 Å². The summed E-state index contributed by atoms with van der Waals surface area (Å²) in [5.41, 5.74) is 2.68. The monoisotopic (exact) mass is 270 g/mol. The van der Waals surface area contributed by atoms with E-state index in [9.17, 15) is 4.39 Å². The number of pyridine rings is 1. The first-order valence-corrected chi connectivity index (χ1v) is 6.47. The van der Waals surface area contributed by atoms with Crippen molar-refractivity contribution in [2.24, 2.45) is 0 Å². The smallest absolute Gasteiger partial charge is 0.134 e. The molecule has 102 valence electrons. The molecule has 1 N–H and O–H groups in total. The van der Waals surface area contributed by atoms with E-state index >= 15 is 0 Å². The highest BCUT2D eigenvalue weighted by Gasteiger charge is 2.19. The number of hydrogen-bond acceptors (Lipinski definition) is 3. The molecule has 0 spiro atoms. The van der Waals surface area contributed by atoms with Gasteiger partial charge < -0.3 is 9.73 Å². The maximum absolute atomic E-state index is 13.2. The molecule has 0 amide bonds. The number of nitrogens with one attached hydrogen (secondary N) is 1. The van der Waals surface area contributed by atoms with E-state index in [1.54, 1.807) is 12.3 Å². The highest BCUT2D eigenvalue weighted by atomic mass is 19.1. The van der Waals surface area contributed by atoms with Gasteiger partial charge in [-0.05, 0) is 49.9 Å². The molecule has 1 unspecified atom stereocenters. The lowest BCUT2D eigenvalue weighted by Gasteiger charge is -2.15. The van der Waals surface area contributed by atoms with E-state index in [0.29, 0.717) is 5.58 Å². The van der Waals surface area contributed by atoms with Gasteiger partial charge in [-0.1, -0.05) is 6.07 Å². The average Bonchev–Trinajstić information content (AvgIpc) is 2.84. The molecule has 0 aliphatic carbocycles. The minimum atomic E-state index is -0.261. The zero-order chi connectivity index (χ0) is 14.1. The average molecular weight is 270 g/mol. The number of aromatic nitrogens is 1. The number of hydrogen-bond donors (Lipinski definition) is 1. The van der Waals surface area contributed by atoms with Crippen LogP contribution in [0.3, 0.4) is 0 Å². The van der Waals surface area contributed by atoms with Crippen LogP contribution in [0.15, 0.2) is 47.0 Å². The van der Waals surface area contributed by atoms with Gasteiger partial charge in [0.2, 0.25) is 0 Å². The molecule has 4 heteroatoms. The van der Waals surface area contributed by atoms with E-state index < -0.39 is 0 Å². The predicted molar refractivity (Wildman–Crippen MR) is 76.0 cm³/mol. The van der Waals surface area contributed by atoms with Crippen molar-refractivity contribution < 1.29 is 8.81 Å². The van der Waals surface area contributed by atoms with Crippen LogP contribution < -0.4 is 5.32 Å². The number of benzene rings is 1. The fourth-order valence-electron chi connectivity index (χ4n) is 2.43. The van der Waals surface area contributed by atoms with Crippen LogP contribution in [0.1, 0.15) is 23.1 Å². The first-order chi connectivity index (χ1) is 9.69. The lowest BCUT2D eigenvalue weighted by molar-refractivity contribution is 0.489. The maximum atomic E-state index is 13.2. The SMILES string of the molecule is CNC(c1cc2cc(F)ccc2o1)c1cccnc1C. The molecule has 0 fully saturated rings. The van der Waals surface area contributed by atoms with Crippen molar-refractivity contribution in [1.82, 2.24) is 10.3 Å². The summed E-state index contributed by atoms with van der Waals surface area (Å²) in [7, 11) is 1.87. The fourth-order valence-corrected chi connectivity index (χ4v) is 2.43. The molecule has 0 radical (unpaired) electrons. The Hall–Kier alpha value is -2.20. The van der Waals surface area contributed by atoms with Gasteiger partial charge in [-0.25, -0.2) is 4.39 Å². The van der Waals surface area contributed by atoms with Gasteiger partial charge in [0.25, 0.3) is 0 Å². The normalized spacial score (nSPS) is 12.8. The summed E-state index contributed by atoms with van der Waals surface area (Å²) in [6, 6.07) is 10.2. The summed E-state index contributed by atoms with van der Waals surface area (Å²) in [6.07, 6.45) is 1.76. The highest BCUT2D eigenvalue weighted by molar-refractivity contribution is 5.78. The molecule has 2 aromatic heterocycles. The van der Waals surface area contributed by atoms with Crippen molar-refractivity contribution >= 4 is 11.0 Å². The second-order valence-corrected chi connectivity index (χ2v) is 4.73.